The number of hydrogen-bond acceptors (Lipinski definition) is 2. The second kappa shape index (κ2) is 4.01. The van der Waals surface area contributed by atoms with Gasteiger partial charge in [-0.05, 0) is 19.2 Å². The highest BCUT2D eigenvalue weighted by Crippen LogP contribution is 2.12. The molecule has 66 valence electrons. The maximum Gasteiger partial charge on any atom is 0.160 e. The molecule has 0 aliphatic heterocycles. The molecule has 0 saturated heterocycles. The van der Waals surface area contributed by atoms with Crippen LogP contribution >= 0.6 is 0 Å². The Kier molecular flexibility index (Phi) is 2.99. The van der Waals surface area contributed by atoms with Gasteiger partial charge < -0.3 is 10.6 Å². The molecular formula is C8H10F2N2. The highest BCUT2D eigenvalue weighted by molar-refractivity contribution is 5.43. The van der Waals surface area contributed by atoms with Crippen LogP contribution in [-0.2, 0) is 0 Å². The van der Waals surface area contributed by atoms with Crippen molar-refractivity contribution < 1.29 is 8.78 Å². The van der Waals surface area contributed by atoms with Crippen molar-refractivity contribution >= 4 is 5.69 Å². The van der Waals surface area contributed by atoms with E-state index in [-0.39, 0.29) is 0 Å². The Balaban J connectivity index is 2.69. The van der Waals surface area contributed by atoms with E-state index in [1.54, 1.807) is 7.05 Å². The molecule has 0 atom stereocenters. The fourth-order valence-corrected chi connectivity index (χ4v) is 0.797. The summed E-state index contributed by atoms with van der Waals surface area (Å²) in [6, 6.07) is 3.69. The number of nitrogens with one attached hydrogen (secondary N) is 2. The number of rotatable bonds is 3. The van der Waals surface area contributed by atoms with E-state index in [9.17, 15) is 8.78 Å². The maximum atomic E-state index is 12.6. The second-order valence-corrected chi connectivity index (χ2v) is 2.34. The van der Waals surface area contributed by atoms with Crippen LogP contribution in [0.15, 0.2) is 18.2 Å². The summed E-state index contributed by atoms with van der Waals surface area (Å²) in [5.41, 5.74) is 0.559. The van der Waals surface area contributed by atoms with Crippen LogP contribution in [0.1, 0.15) is 0 Å². The van der Waals surface area contributed by atoms with Crippen molar-refractivity contribution in [2.45, 2.75) is 0 Å². The minimum absolute atomic E-state index is 0.519. The Morgan fingerprint density at radius 1 is 1.25 bits per heavy atom. The molecule has 2 nitrogen and oxygen atoms in total. The van der Waals surface area contributed by atoms with E-state index in [4.69, 9.17) is 0 Å². The summed E-state index contributed by atoms with van der Waals surface area (Å²) in [6.45, 7) is 0.519. The summed E-state index contributed by atoms with van der Waals surface area (Å²) in [6.07, 6.45) is 0. The number of hydrogen-bond donors (Lipinski definition) is 2. The predicted octanol–water partition coefficient (Wildman–Crippen LogP) is 1.55. The third-order valence-corrected chi connectivity index (χ3v) is 1.39. The van der Waals surface area contributed by atoms with Gasteiger partial charge >= 0.3 is 0 Å². The molecule has 0 radical (unpaired) electrons. The smallest absolute Gasteiger partial charge is 0.160 e. The van der Waals surface area contributed by atoms with E-state index in [1.165, 1.54) is 6.07 Å². The molecule has 0 aliphatic rings. The standard InChI is InChI=1S/C8H10F2N2/c1-11-5-12-6-2-3-7(9)8(10)4-6/h2-4,11-12H,5H2,1H3. The fraction of sp³-hybridized carbons (Fsp3) is 0.250. The lowest BCUT2D eigenvalue weighted by atomic mass is 10.3. The van der Waals surface area contributed by atoms with Crippen molar-refractivity contribution in [1.29, 1.82) is 0 Å². The molecule has 0 heterocycles. The highest BCUT2D eigenvalue weighted by Gasteiger charge is 2.00. The monoisotopic (exact) mass is 172 g/mol. The zero-order valence-electron chi connectivity index (χ0n) is 6.70. The average Bonchev–Trinajstić information content (AvgIpc) is 2.07. The zero-order valence-corrected chi connectivity index (χ0v) is 6.70. The van der Waals surface area contributed by atoms with Gasteiger partial charge in [-0.1, -0.05) is 0 Å². The van der Waals surface area contributed by atoms with Gasteiger partial charge in [0.25, 0.3) is 0 Å². The summed E-state index contributed by atoms with van der Waals surface area (Å²) in [4.78, 5) is 0. The molecule has 0 spiro atoms. The van der Waals surface area contributed by atoms with Crippen molar-refractivity contribution in [3.05, 3.63) is 29.8 Å². The first-order valence-electron chi connectivity index (χ1n) is 3.57. The lowest BCUT2D eigenvalue weighted by Gasteiger charge is -2.04. The normalized spacial score (nSPS) is 9.92. The van der Waals surface area contributed by atoms with Crippen LogP contribution in [0.3, 0.4) is 0 Å². The molecule has 1 aromatic rings. The van der Waals surface area contributed by atoms with Gasteiger partial charge in [0.1, 0.15) is 0 Å². The number of anilines is 1. The van der Waals surface area contributed by atoms with E-state index in [0.29, 0.717) is 12.4 Å². The molecule has 0 unspecified atom stereocenters. The first kappa shape index (κ1) is 8.93. The molecule has 0 aliphatic carbocycles. The quantitative estimate of drug-likeness (QED) is 0.676. The van der Waals surface area contributed by atoms with E-state index < -0.39 is 11.6 Å². The van der Waals surface area contributed by atoms with Gasteiger partial charge in [-0.2, -0.15) is 0 Å². The Morgan fingerprint density at radius 2 is 2.00 bits per heavy atom. The summed E-state index contributed by atoms with van der Waals surface area (Å²) in [5.74, 6) is -1.67. The number of benzene rings is 1. The third kappa shape index (κ3) is 2.17. The molecule has 0 saturated carbocycles. The van der Waals surface area contributed by atoms with Crippen LogP contribution in [0, 0.1) is 11.6 Å². The molecule has 1 aromatic carbocycles. The Bertz CT molecular complexity index is 263. The van der Waals surface area contributed by atoms with E-state index in [2.05, 4.69) is 10.6 Å². The molecule has 0 bridgehead atoms. The lowest BCUT2D eigenvalue weighted by Crippen LogP contribution is -2.16. The van der Waals surface area contributed by atoms with Crippen LogP contribution < -0.4 is 10.6 Å². The maximum absolute atomic E-state index is 12.6. The average molecular weight is 172 g/mol. The van der Waals surface area contributed by atoms with Gasteiger partial charge in [0.15, 0.2) is 11.6 Å². The molecule has 0 aromatic heterocycles. The van der Waals surface area contributed by atoms with Crippen molar-refractivity contribution in [3.63, 3.8) is 0 Å². The Morgan fingerprint density at radius 3 is 2.58 bits per heavy atom. The van der Waals surface area contributed by atoms with Gasteiger partial charge in [-0.25, -0.2) is 8.78 Å². The molecule has 4 heteroatoms. The predicted molar refractivity (Wildman–Crippen MR) is 43.9 cm³/mol. The van der Waals surface area contributed by atoms with Crippen molar-refractivity contribution in [2.75, 3.05) is 19.0 Å². The van der Waals surface area contributed by atoms with Gasteiger partial charge in [0.2, 0.25) is 0 Å². The molecule has 0 fully saturated rings. The van der Waals surface area contributed by atoms with Crippen LogP contribution in [0.5, 0.6) is 0 Å². The third-order valence-electron chi connectivity index (χ3n) is 1.39. The van der Waals surface area contributed by atoms with Crippen molar-refractivity contribution in [2.24, 2.45) is 0 Å². The topological polar surface area (TPSA) is 24.1 Å². The number of halogens is 2. The summed E-state index contributed by atoms with van der Waals surface area (Å²) in [5, 5.41) is 5.67. The SMILES string of the molecule is CNCNc1ccc(F)c(F)c1. The zero-order chi connectivity index (χ0) is 8.97. The molecule has 0 amide bonds. The van der Waals surface area contributed by atoms with Crippen LogP contribution in [0.25, 0.3) is 0 Å². The first-order valence-corrected chi connectivity index (χ1v) is 3.57. The Labute approximate surface area is 69.6 Å². The van der Waals surface area contributed by atoms with Crippen molar-refractivity contribution in [1.82, 2.24) is 5.32 Å². The van der Waals surface area contributed by atoms with E-state index in [1.807, 2.05) is 0 Å². The molecule has 2 N–H and O–H groups in total. The van der Waals surface area contributed by atoms with Crippen LogP contribution in [0.4, 0.5) is 14.5 Å². The highest BCUT2D eigenvalue weighted by atomic mass is 19.2. The Hall–Kier alpha value is -1.16. The summed E-state index contributed by atoms with van der Waals surface area (Å²) < 4.78 is 25.0. The molecular weight excluding hydrogens is 162 g/mol. The van der Waals surface area contributed by atoms with Crippen LogP contribution in [0.2, 0.25) is 0 Å². The minimum Gasteiger partial charge on any atom is -0.372 e. The van der Waals surface area contributed by atoms with Gasteiger partial charge in [-0.15, -0.1) is 0 Å². The first-order chi connectivity index (χ1) is 5.74. The van der Waals surface area contributed by atoms with Crippen LogP contribution in [-0.4, -0.2) is 13.7 Å². The van der Waals surface area contributed by atoms with E-state index >= 15 is 0 Å². The largest absolute Gasteiger partial charge is 0.372 e. The lowest BCUT2D eigenvalue weighted by molar-refractivity contribution is 0.509. The molecule has 1 rings (SSSR count). The van der Waals surface area contributed by atoms with Crippen molar-refractivity contribution in [3.8, 4) is 0 Å². The van der Waals surface area contributed by atoms with Gasteiger partial charge in [-0.3, -0.25) is 0 Å². The second-order valence-electron chi connectivity index (χ2n) is 2.34. The molecule has 12 heavy (non-hydrogen) atoms. The summed E-state index contributed by atoms with van der Waals surface area (Å²) in [7, 11) is 1.76. The fourth-order valence-electron chi connectivity index (χ4n) is 0.797. The van der Waals surface area contributed by atoms with Gasteiger partial charge in [0, 0.05) is 11.8 Å². The van der Waals surface area contributed by atoms with Gasteiger partial charge in [0.05, 0.1) is 6.67 Å². The van der Waals surface area contributed by atoms with E-state index in [0.717, 1.165) is 12.1 Å². The minimum atomic E-state index is -0.837. The summed E-state index contributed by atoms with van der Waals surface area (Å²) >= 11 is 0.